The van der Waals surface area contributed by atoms with Crippen molar-refractivity contribution in [2.24, 2.45) is 0 Å². The number of anilines is 1. The lowest BCUT2D eigenvalue weighted by atomic mass is 10.3. The Bertz CT molecular complexity index is 955. The standard InChI is InChI=1S/C19H23N5O3S2/c1-5-24-16(10-27-15-8-6-14(26-4)7-9-15)22-23-19(24)29-13(3)17(25)21-18-20-12(2)11-28-18/h6-9,11,13H,5,10H2,1-4H3,(H,20,21,25)/t13-/m0/s1. The Hall–Kier alpha value is -2.59. The molecule has 0 radical (unpaired) electrons. The number of aryl methyl sites for hydroxylation is 1. The molecule has 2 aromatic heterocycles. The van der Waals surface area contributed by atoms with Gasteiger partial charge in [0.05, 0.1) is 18.1 Å². The molecule has 0 bridgehead atoms. The van der Waals surface area contributed by atoms with Crippen molar-refractivity contribution >= 4 is 34.1 Å². The Morgan fingerprint density at radius 3 is 2.62 bits per heavy atom. The van der Waals surface area contributed by atoms with E-state index in [1.807, 2.05) is 55.0 Å². The number of carbonyl (C=O) groups is 1. The summed E-state index contributed by atoms with van der Waals surface area (Å²) in [4.78, 5) is 16.7. The zero-order valence-electron chi connectivity index (χ0n) is 16.7. The summed E-state index contributed by atoms with van der Waals surface area (Å²) in [5.74, 6) is 2.07. The minimum Gasteiger partial charge on any atom is -0.497 e. The van der Waals surface area contributed by atoms with Crippen LogP contribution < -0.4 is 14.8 Å². The zero-order chi connectivity index (χ0) is 20.8. The van der Waals surface area contributed by atoms with Gasteiger partial charge in [-0.25, -0.2) is 4.98 Å². The first-order chi connectivity index (χ1) is 14.0. The summed E-state index contributed by atoms with van der Waals surface area (Å²) in [6, 6.07) is 7.36. The fourth-order valence-corrected chi connectivity index (χ4v) is 4.10. The number of ether oxygens (including phenoxy) is 2. The third kappa shape index (κ3) is 5.48. The molecular weight excluding hydrogens is 410 g/mol. The number of benzene rings is 1. The van der Waals surface area contributed by atoms with E-state index in [4.69, 9.17) is 9.47 Å². The second kappa shape index (κ2) is 9.75. The fraction of sp³-hybridized carbons (Fsp3) is 0.368. The minimum atomic E-state index is -0.343. The molecular formula is C19H23N5O3S2. The maximum Gasteiger partial charge on any atom is 0.239 e. The van der Waals surface area contributed by atoms with Crippen LogP contribution in [-0.4, -0.2) is 38.0 Å². The Morgan fingerprint density at radius 2 is 2.00 bits per heavy atom. The maximum atomic E-state index is 12.4. The predicted octanol–water partition coefficient (Wildman–Crippen LogP) is 3.77. The van der Waals surface area contributed by atoms with Crippen LogP contribution in [0.25, 0.3) is 0 Å². The molecule has 29 heavy (non-hydrogen) atoms. The normalized spacial score (nSPS) is 11.9. The number of amides is 1. The summed E-state index contributed by atoms with van der Waals surface area (Å²) in [7, 11) is 1.62. The van der Waals surface area contributed by atoms with Gasteiger partial charge >= 0.3 is 0 Å². The Kier molecular flexibility index (Phi) is 7.10. The van der Waals surface area contributed by atoms with Crippen LogP contribution in [0.4, 0.5) is 5.13 Å². The average molecular weight is 434 g/mol. The number of rotatable bonds is 9. The van der Waals surface area contributed by atoms with Crippen LogP contribution in [0.2, 0.25) is 0 Å². The van der Waals surface area contributed by atoms with Crippen molar-refractivity contribution in [2.45, 2.75) is 44.3 Å². The van der Waals surface area contributed by atoms with Crippen molar-refractivity contribution in [3.05, 3.63) is 41.2 Å². The van der Waals surface area contributed by atoms with E-state index in [9.17, 15) is 4.79 Å². The molecule has 0 saturated carbocycles. The van der Waals surface area contributed by atoms with Gasteiger partial charge < -0.3 is 19.4 Å². The maximum absolute atomic E-state index is 12.4. The number of hydrogen-bond donors (Lipinski definition) is 1. The number of methoxy groups -OCH3 is 1. The number of carbonyl (C=O) groups excluding carboxylic acids is 1. The van der Waals surface area contributed by atoms with Crippen LogP contribution >= 0.6 is 23.1 Å². The first-order valence-corrected chi connectivity index (χ1v) is 10.8. The van der Waals surface area contributed by atoms with E-state index < -0.39 is 0 Å². The van der Waals surface area contributed by atoms with E-state index >= 15 is 0 Å². The van der Waals surface area contributed by atoms with E-state index in [0.29, 0.717) is 22.7 Å². The summed E-state index contributed by atoms with van der Waals surface area (Å²) in [6.07, 6.45) is 0. The van der Waals surface area contributed by atoms with Gasteiger partial charge in [0.2, 0.25) is 5.91 Å². The average Bonchev–Trinajstić information content (AvgIpc) is 3.31. The van der Waals surface area contributed by atoms with Gasteiger partial charge in [0, 0.05) is 11.9 Å². The van der Waals surface area contributed by atoms with Crippen LogP contribution in [0, 0.1) is 6.92 Å². The van der Waals surface area contributed by atoms with Crippen LogP contribution in [0.5, 0.6) is 11.5 Å². The molecule has 0 aliphatic heterocycles. The Balaban J connectivity index is 1.61. The summed E-state index contributed by atoms with van der Waals surface area (Å²) in [6.45, 7) is 6.70. The predicted molar refractivity (Wildman–Crippen MR) is 114 cm³/mol. The fourth-order valence-electron chi connectivity index (χ4n) is 2.48. The molecule has 1 aromatic carbocycles. The largest absolute Gasteiger partial charge is 0.497 e. The van der Waals surface area contributed by atoms with Gasteiger partial charge in [-0.15, -0.1) is 21.5 Å². The van der Waals surface area contributed by atoms with Crippen molar-refractivity contribution in [1.29, 1.82) is 0 Å². The van der Waals surface area contributed by atoms with Gasteiger partial charge in [0.25, 0.3) is 0 Å². The molecule has 0 spiro atoms. The van der Waals surface area contributed by atoms with E-state index in [1.165, 1.54) is 23.1 Å². The van der Waals surface area contributed by atoms with Crippen molar-refractivity contribution in [3.8, 4) is 11.5 Å². The molecule has 1 N–H and O–H groups in total. The highest BCUT2D eigenvalue weighted by atomic mass is 32.2. The second-order valence-electron chi connectivity index (χ2n) is 6.15. The van der Waals surface area contributed by atoms with E-state index in [-0.39, 0.29) is 17.8 Å². The van der Waals surface area contributed by atoms with Gasteiger partial charge in [-0.1, -0.05) is 11.8 Å². The molecule has 1 amide bonds. The molecule has 0 fully saturated rings. The Morgan fingerprint density at radius 1 is 1.28 bits per heavy atom. The second-order valence-corrected chi connectivity index (χ2v) is 8.32. The van der Waals surface area contributed by atoms with Crippen molar-refractivity contribution in [2.75, 3.05) is 12.4 Å². The first-order valence-electron chi connectivity index (χ1n) is 9.08. The van der Waals surface area contributed by atoms with Crippen LogP contribution in [0.3, 0.4) is 0 Å². The minimum absolute atomic E-state index is 0.119. The topological polar surface area (TPSA) is 91.2 Å². The van der Waals surface area contributed by atoms with Gasteiger partial charge in [-0.3, -0.25) is 4.79 Å². The summed E-state index contributed by atoms with van der Waals surface area (Å²) in [5.41, 5.74) is 0.887. The van der Waals surface area contributed by atoms with Crippen LogP contribution in [-0.2, 0) is 17.9 Å². The lowest BCUT2D eigenvalue weighted by molar-refractivity contribution is -0.115. The van der Waals surface area contributed by atoms with Gasteiger partial charge in [0.15, 0.2) is 16.1 Å². The first kappa shape index (κ1) is 21.1. The van der Waals surface area contributed by atoms with Crippen molar-refractivity contribution in [3.63, 3.8) is 0 Å². The number of aromatic nitrogens is 4. The molecule has 0 saturated heterocycles. The SMILES string of the molecule is CCn1c(COc2ccc(OC)cc2)nnc1S[C@@H](C)C(=O)Nc1nc(C)cs1. The third-order valence-electron chi connectivity index (χ3n) is 4.04. The highest BCUT2D eigenvalue weighted by molar-refractivity contribution is 8.00. The molecule has 8 nitrogen and oxygen atoms in total. The third-order valence-corrected chi connectivity index (χ3v) is 5.99. The lowest BCUT2D eigenvalue weighted by Crippen LogP contribution is -2.23. The molecule has 0 aliphatic carbocycles. The van der Waals surface area contributed by atoms with Gasteiger partial charge in [-0.05, 0) is 45.0 Å². The van der Waals surface area contributed by atoms with E-state index in [2.05, 4.69) is 20.5 Å². The summed E-state index contributed by atoms with van der Waals surface area (Å²) >= 11 is 2.77. The number of hydrogen-bond acceptors (Lipinski definition) is 8. The number of nitrogens with one attached hydrogen (secondary N) is 1. The van der Waals surface area contributed by atoms with E-state index in [1.54, 1.807) is 7.11 Å². The summed E-state index contributed by atoms with van der Waals surface area (Å²) < 4.78 is 12.9. The van der Waals surface area contributed by atoms with Crippen molar-refractivity contribution in [1.82, 2.24) is 19.7 Å². The smallest absolute Gasteiger partial charge is 0.239 e. The molecule has 154 valence electrons. The van der Waals surface area contributed by atoms with Gasteiger partial charge in [-0.2, -0.15) is 0 Å². The zero-order valence-corrected chi connectivity index (χ0v) is 18.3. The molecule has 2 heterocycles. The van der Waals surface area contributed by atoms with Crippen LogP contribution in [0.15, 0.2) is 34.8 Å². The van der Waals surface area contributed by atoms with Crippen molar-refractivity contribution < 1.29 is 14.3 Å². The molecule has 10 heteroatoms. The molecule has 0 unspecified atom stereocenters. The lowest BCUT2D eigenvalue weighted by Gasteiger charge is -2.12. The molecule has 0 aliphatic rings. The molecule has 1 atom stereocenters. The number of thiazole rings is 1. The Labute approximate surface area is 177 Å². The highest BCUT2D eigenvalue weighted by Crippen LogP contribution is 2.25. The van der Waals surface area contributed by atoms with Gasteiger partial charge in [0.1, 0.15) is 18.1 Å². The molecule has 3 rings (SSSR count). The quantitative estimate of drug-likeness (QED) is 0.514. The van der Waals surface area contributed by atoms with Crippen LogP contribution in [0.1, 0.15) is 25.4 Å². The summed E-state index contributed by atoms with van der Waals surface area (Å²) in [5, 5.41) is 14.2. The number of thioether (sulfide) groups is 1. The molecule has 3 aromatic rings. The monoisotopic (exact) mass is 433 g/mol. The van der Waals surface area contributed by atoms with E-state index in [0.717, 1.165) is 17.2 Å². The number of nitrogens with zero attached hydrogens (tertiary/aromatic N) is 4. The highest BCUT2D eigenvalue weighted by Gasteiger charge is 2.20.